The van der Waals surface area contributed by atoms with Crippen molar-refractivity contribution < 1.29 is 4.74 Å². The lowest BCUT2D eigenvalue weighted by Crippen LogP contribution is -2.38. The first kappa shape index (κ1) is 10.9. The fraction of sp³-hybridized carbons (Fsp3) is 0.545. The maximum absolute atomic E-state index is 5.73. The summed E-state index contributed by atoms with van der Waals surface area (Å²) in [6.45, 7) is 1.86. The topological polar surface area (TPSA) is 34.1 Å². The molecular weight excluding hydrogens is 256 g/mol. The van der Waals surface area contributed by atoms with E-state index in [4.69, 9.17) is 4.74 Å². The van der Waals surface area contributed by atoms with Gasteiger partial charge in [0.15, 0.2) is 0 Å². The average molecular weight is 271 g/mol. The molecule has 1 saturated heterocycles. The van der Waals surface area contributed by atoms with Crippen LogP contribution in [-0.4, -0.2) is 24.2 Å². The summed E-state index contributed by atoms with van der Waals surface area (Å²) >= 11 is 3.41. The molecule has 1 aliphatic rings. The van der Waals surface area contributed by atoms with Crippen molar-refractivity contribution in [2.45, 2.75) is 25.3 Å². The predicted octanol–water partition coefficient (Wildman–Crippen LogP) is 2.36. The molecular formula is C11H15BrN2O. The zero-order chi connectivity index (χ0) is 10.5. The Bertz CT molecular complexity index is 313. The van der Waals surface area contributed by atoms with Gasteiger partial charge in [-0.3, -0.25) is 4.98 Å². The van der Waals surface area contributed by atoms with E-state index in [1.165, 1.54) is 19.3 Å². The molecule has 0 spiro atoms. The molecule has 0 bridgehead atoms. The minimum Gasteiger partial charge on any atom is -0.491 e. The van der Waals surface area contributed by atoms with Gasteiger partial charge in [-0.25, -0.2) is 0 Å². The molecule has 4 heteroatoms. The summed E-state index contributed by atoms with van der Waals surface area (Å²) < 4.78 is 6.64. The van der Waals surface area contributed by atoms with Crippen LogP contribution in [0.15, 0.2) is 22.9 Å². The quantitative estimate of drug-likeness (QED) is 0.916. The molecule has 1 aromatic rings. The minimum absolute atomic E-state index is 0.499. The Morgan fingerprint density at radius 3 is 3.20 bits per heavy atom. The normalized spacial score (nSPS) is 21.3. The Balaban J connectivity index is 1.84. The molecule has 82 valence electrons. The van der Waals surface area contributed by atoms with Crippen LogP contribution in [-0.2, 0) is 0 Å². The molecule has 2 rings (SSSR count). The number of rotatable bonds is 3. The van der Waals surface area contributed by atoms with Gasteiger partial charge in [-0.15, -0.1) is 0 Å². The highest BCUT2D eigenvalue weighted by Crippen LogP contribution is 2.23. The molecule has 3 nitrogen and oxygen atoms in total. The lowest BCUT2D eigenvalue weighted by atomic mass is 10.1. The van der Waals surface area contributed by atoms with Gasteiger partial charge in [0.05, 0.1) is 4.47 Å². The molecule has 0 amide bonds. The molecule has 2 heterocycles. The second-order valence-corrected chi connectivity index (χ2v) is 4.62. The van der Waals surface area contributed by atoms with Gasteiger partial charge in [0.2, 0.25) is 0 Å². The predicted molar refractivity (Wildman–Crippen MR) is 63.1 cm³/mol. The lowest BCUT2D eigenvalue weighted by molar-refractivity contribution is 0.238. The van der Waals surface area contributed by atoms with E-state index in [0.29, 0.717) is 6.04 Å². The smallest absolute Gasteiger partial charge is 0.136 e. The summed E-state index contributed by atoms with van der Waals surface area (Å²) in [5.41, 5.74) is 0. The number of ether oxygens (including phenoxy) is 1. The third-order valence-electron chi connectivity index (χ3n) is 2.59. The van der Waals surface area contributed by atoms with Crippen molar-refractivity contribution in [3.8, 4) is 5.75 Å². The monoisotopic (exact) mass is 270 g/mol. The number of pyridine rings is 1. The van der Waals surface area contributed by atoms with Crippen LogP contribution < -0.4 is 10.1 Å². The van der Waals surface area contributed by atoms with Crippen LogP contribution in [0.2, 0.25) is 0 Å². The summed E-state index contributed by atoms with van der Waals surface area (Å²) in [5, 5.41) is 3.45. The molecule has 15 heavy (non-hydrogen) atoms. The van der Waals surface area contributed by atoms with E-state index < -0.39 is 0 Å². The number of hydrogen-bond donors (Lipinski definition) is 1. The van der Waals surface area contributed by atoms with E-state index in [0.717, 1.165) is 23.4 Å². The average Bonchev–Trinajstić information content (AvgIpc) is 2.29. The summed E-state index contributed by atoms with van der Waals surface area (Å²) in [4.78, 5) is 4.00. The van der Waals surface area contributed by atoms with Crippen molar-refractivity contribution in [2.75, 3.05) is 13.2 Å². The van der Waals surface area contributed by atoms with E-state index in [1.807, 2.05) is 6.07 Å². The number of nitrogens with zero attached hydrogens (tertiary/aromatic N) is 1. The largest absolute Gasteiger partial charge is 0.491 e. The molecule has 0 aromatic carbocycles. The molecule has 1 aromatic heterocycles. The highest BCUT2D eigenvalue weighted by Gasteiger charge is 2.13. The molecule has 0 saturated carbocycles. The SMILES string of the molecule is Brc1cnccc1OCC1CCCCN1. The Kier molecular flexibility index (Phi) is 3.97. The zero-order valence-electron chi connectivity index (χ0n) is 8.58. The fourth-order valence-electron chi connectivity index (χ4n) is 1.74. The number of aromatic nitrogens is 1. The molecule has 1 fully saturated rings. The van der Waals surface area contributed by atoms with Crippen LogP contribution in [0.3, 0.4) is 0 Å². The maximum atomic E-state index is 5.73. The van der Waals surface area contributed by atoms with Crippen LogP contribution in [0.1, 0.15) is 19.3 Å². The number of nitrogens with one attached hydrogen (secondary N) is 1. The third-order valence-corrected chi connectivity index (χ3v) is 3.18. The third kappa shape index (κ3) is 3.18. The number of piperidine rings is 1. The first-order valence-corrected chi connectivity index (χ1v) is 6.11. The highest BCUT2D eigenvalue weighted by molar-refractivity contribution is 9.10. The summed E-state index contributed by atoms with van der Waals surface area (Å²) in [7, 11) is 0. The molecule has 0 aliphatic carbocycles. The van der Waals surface area contributed by atoms with E-state index in [9.17, 15) is 0 Å². The van der Waals surface area contributed by atoms with Crippen molar-refractivity contribution in [1.29, 1.82) is 0 Å². The van der Waals surface area contributed by atoms with Crippen molar-refractivity contribution >= 4 is 15.9 Å². The van der Waals surface area contributed by atoms with Gasteiger partial charge < -0.3 is 10.1 Å². The molecule has 0 radical (unpaired) electrons. The first-order valence-electron chi connectivity index (χ1n) is 5.32. The Labute approximate surface area is 98.4 Å². The summed E-state index contributed by atoms with van der Waals surface area (Å²) in [5.74, 6) is 0.873. The molecule has 1 atom stereocenters. The van der Waals surface area contributed by atoms with E-state index in [1.54, 1.807) is 12.4 Å². The number of hydrogen-bond acceptors (Lipinski definition) is 3. The standard InChI is InChI=1S/C11H15BrN2O/c12-10-7-13-6-4-11(10)15-8-9-3-1-2-5-14-9/h4,6-7,9,14H,1-3,5,8H2. The van der Waals surface area contributed by atoms with Gasteiger partial charge in [0, 0.05) is 18.4 Å². The van der Waals surface area contributed by atoms with E-state index in [-0.39, 0.29) is 0 Å². The summed E-state index contributed by atoms with van der Waals surface area (Å²) in [6, 6.07) is 2.38. The zero-order valence-corrected chi connectivity index (χ0v) is 10.2. The van der Waals surface area contributed by atoms with E-state index in [2.05, 4.69) is 26.2 Å². The van der Waals surface area contributed by atoms with Gasteiger partial charge >= 0.3 is 0 Å². The van der Waals surface area contributed by atoms with Crippen molar-refractivity contribution in [3.05, 3.63) is 22.9 Å². The Morgan fingerprint density at radius 1 is 1.53 bits per heavy atom. The van der Waals surface area contributed by atoms with Crippen LogP contribution >= 0.6 is 15.9 Å². The second kappa shape index (κ2) is 5.47. The second-order valence-electron chi connectivity index (χ2n) is 3.76. The van der Waals surface area contributed by atoms with Crippen molar-refractivity contribution in [1.82, 2.24) is 10.3 Å². The summed E-state index contributed by atoms with van der Waals surface area (Å²) in [6.07, 6.45) is 7.30. The van der Waals surface area contributed by atoms with Crippen LogP contribution in [0, 0.1) is 0 Å². The van der Waals surface area contributed by atoms with Gasteiger partial charge in [-0.05, 0) is 41.4 Å². The van der Waals surface area contributed by atoms with Crippen molar-refractivity contribution in [2.24, 2.45) is 0 Å². The van der Waals surface area contributed by atoms with Crippen LogP contribution in [0.25, 0.3) is 0 Å². The van der Waals surface area contributed by atoms with Gasteiger partial charge in [0.1, 0.15) is 12.4 Å². The Hall–Kier alpha value is -0.610. The van der Waals surface area contributed by atoms with Gasteiger partial charge in [0.25, 0.3) is 0 Å². The minimum atomic E-state index is 0.499. The first-order chi connectivity index (χ1) is 7.36. The molecule has 1 N–H and O–H groups in total. The highest BCUT2D eigenvalue weighted by atomic mass is 79.9. The van der Waals surface area contributed by atoms with Crippen LogP contribution in [0.4, 0.5) is 0 Å². The fourth-order valence-corrected chi connectivity index (χ4v) is 2.10. The molecule has 1 aliphatic heterocycles. The van der Waals surface area contributed by atoms with Gasteiger partial charge in [-0.2, -0.15) is 0 Å². The Morgan fingerprint density at radius 2 is 2.47 bits per heavy atom. The molecule has 1 unspecified atom stereocenters. The van der Waals surface area contributed by atoms with E-state index >= 15 is 0 Å². The van der Waals surface area contributed by atoms with Crippen molar-refractivity contribution in [3.63, 3.8) is 0 Å². The van der Waals surface area contributed by atoms with Gasteiger partial charge in [-0.1, -0.05) is 6.42 Å². The maximum Gasteiger partial charge on any atom is 0.136 e. The number of halogens is 1. The van der Waals surface area contributed by atoms with Crippen LogP contribution in [0.5, 0.6) is 5.75 Å². The lowest BCUT2D eigenvalue weighted by Gasteiger charge is -2.23.